The maximum atomic E-state index is 11.5. The normalized spacial score (nSPS) is 12.2. The molecule has 2 aromatic carbocycles. The van der Waals surface area contributed by atoms with E-state index >= 15 is 0 Å². The Morgan fingerprint density at radius 1 is 1.05 bits per heavy atom. The highest BCUT2D eigenvalue weighted by atomic mass is 35.5. The van der Waals surface area contributed by atoms with E-state index in [0.29, 0.717) is 16.4 Å². The average Bonchev–Trinajstić information content (AvgIpc) is 2.49. The van der Waals surface area contributed by atoms with Crippen LogP contribution in [0.4, 0.5) is 5.69 Å². The first-order chi connectivity index (χ1) is 10.3. The van der Waals surface area contributed by atoms with Crippen molar-refractivity contribution < 1.29 is 8.42 Å². The van der Waals surface area contributed by atoms with Gasteiger partial charge in [-0.15, -0.1) is 0 Å². The minimum atomic E-state index is -3.29. The third-order valence-electron chi connectivity index (χ3n) is 3.25. The van der Waals surface area contributed by atoms with Crippen molar-refractivity contribution in [3.8, 4) is 0 Å². The third kappa shape index (κ3) is 3.58. The molecule has 0 saturated carbocycles. The van der Waals surface area contributed by atoms with Gasteiger partial charge in [-0.3, -0.25) is 4.31 Å². The summed E-state index contributed by atoms with van der Waals surface area (Å²) in [6.07, 6.45) is 1.15. The van der Waals surface area contributed by atoms with Gasteiger partial charge in [0.2, 0.25) is 10.0 Å². The van der Waals surface area contributed by atoms with Crippen LogP contribution in [0.15, 0.2) is 53.6 Å². The molecule has 7 heteroatoms. The summed E-state index contributed by atoms with van der Waals surface area (Å²) in [5.74, 6) is 5.49. The van der Waals surface area contributed by atoms with Gasteiger partial charge in [0.25, 0.3) is 0 Å². The monoisotopic (exact) mass is 337 g/mol. The topological polar surface area (TPSA) is 75.8 Å². The second kappa shape index (κ2) is 6.37. The molecular weight excluding hydrogens is 322 g/mol. The summed E-state index contributed by atoms with van der Waals surface area (Å²) in [6, 6.07) is 14.1. The van der Waals surface area contributed by atoms with Gasteiger partial charge < -0.3 is 5.84 Å². The fourth-order valence-electron chi connectivity index (χ4n) is 1.94. The second-order valence-corrected chi connectivity index (χ2v) is 7.21. The predicted octanol–water partition coefficient (Wildman–Crippen LogP) is 2.45. The Bertz CT molecular complexity index is 785. The van der Waals surface area contributed by atoms with Crippen molar-refractivity contribution in [1.82, 2.24) is 0 Å². The number of nitrogens with zero attached hydrogens (tertiary/aromatic N) is 2. The number of nitrogens with two attached hydrogens (primary N) is 1. The Morgan fingerprint density at radius 2 is 1.50 bits per heavy atom. The van der Waals surface area contributed by atoms with Crippen LogP contribution in [-0.2, 0) is 10.0 Å². The van der Waals surface area contributed by atoms with Crippen molar-refractivity contribution >= 4 is 33.0 Å². The summed E-state index contributed by atoms with van der Waals surface area (Å²) in [5, 5.41) is 4.45. The summed E-state index contributed by atoms with van der Waals surface area (Å²) in [4.78, 5) is 0. The highest BCUT2D eigenvalue weighted by Crippen LogP contribution is 2.19. The fraction of sp³-hybridized carbons (Fsp3) is 0.133. The third-order valence-corrected chi connectivity index (χ3v) is 4.71. The van der Waals surface area contributed by atoms with Crippen molar-refractivity contribution in [3.05, 3.63) is 64.7 Å². The van der Waals surface area contributed by atoms with Crippen LogP contribution in [0.2, 0.25) is 5.02 Å². The van der Waals surface area contributed by atoms with E-state index in [1.54, 1.807) is 36.4 Å². The molecule has 0 aliphatic carbocycles. The molecule has 0 spiro atoms. The molecule has 0 unspecified atom stereocenters. The van der Waals surface area contributed by atoms with Gasteiger partial charge in [-0.2, -0.15) is 5.10 Å². The predicted molar refractivity (Wildman–Crippen MR) is 91.0 cm³/mol. The van der Waals surface area contributed by atoms with Crippen LogP contribution in [-0.4, -0.2) is 27.4 Å². The summed E-state index contributed by atoms with van der Waals surface area (Å²) in [7, 11) is -1.79. The van der Waals surface area contributed by atoms with E-state index in [2.05, 4.69) is 5.10 Å². The lowest BCUT2D eigenvalue weighted by molar-refractivity contribution is 0.600. The molecule has 0 aliphatic heterocycles. The number of benzene rings is 2. The van der Waals surface area contributed by atoms with Gasteiger partial charge in [-0.1, -0.05) is 35.9 Å². The maximum Gasteiger partial charge on any atom is 0.231 e. The summed E-state index contributed by atoms with van der Waals surface area (Å²) >= 11 is 5.87. The van der Waals surface area contributed by atoms with E-state index in [0.717, 1.165) is 17.4 Å². The standard InChI is InChI=1S/C15H16ClN3O2S/c1-19(22(2,20)21)14-9-5-12(6-10-14)15(18-17)11-3-7-13(16)8-4-11/h3-10H,17H2,1-2H3. The van der Waals surface area contributed by atoms with Gasteiger partial charge in [-0.05, 0) is 24.3 Å². The van der Waals surface area contributed by atoms with Crippen molar-refractivity contribution in [2.24, 2.45) is 10.9 Å². The molecule has 22 heavy (non-hydrogen) atoms. The molecule has 0 fully saturated rings. The first-order valence-electron chi connectivity index (χ1n) is 6.41. The summed E-state index contributed by atoms with van der Waals surface area (Å²) < 4.78 is 24.3. The molecule has 2 rings (SSSR count). The molecule has 0 heterocycles. The summed E-state index contributed by atoms with van der Waals surface area (Å²) in [5.41, 5.74) is 2.79. The van der Waals surface area contributed by atoms with E-state index in [9.17, 15) is 8.42 Å². The van der Waals surface area contributed by atoms with E-state index < -0.39 is 10.0 Å². The smallest absolute Gasteiger partial charge is 0.231 e. The van der Waals surface area contributed by atoms with Gasteiger partial charge >= 0.3 is 0 Å². The summed E-state index contributed by atoms with van der Waals surface area (Å²) in [6.45, 7) is 0. The van der Waals surface area contributed by atoms with Crippen LogP contribution in [0.1, 0.15) is 11.1 Å². The molecule has 0 radical (unpaired) electrons. The molecule has 0 bridgehead atoms. The zero-order valence-electron chi connectivity index (χ0n) is 12.2. The largest absolute Gasteiger partial charge is 0.323 e. The zero-order valence-corrected chi connectivity index (χ0v) is 13.8. The van der Waals surface area contributed by atoms with E-state index in [-0.39, 0.29) is 0 Å². The lowest BCUT2D eigenvalue weighted by Gasteiger charge is -2.17. The average molecular weight is 338 g/mol. The SMILES string of the molecule is CN(c1ccc(C(=NN)c2ccc(Cl)cc2)cc1)S(C)(=O)=O. The fourth-order valence-corrected chi connectivity index (χ4v) is 2.57. The molecule has 0 aromatic heterocycles. The molecule has 2 aromatic rings. The molecule has 0 atom stereocenters. The Kier molecular flexibility index (Phi) is 4.73. The minimum Gasteiger partial charge on any atom is -0.323 e. The van der Waals surface area contributed by atoms with Crippen LogP contribution in [0.5, 0.6) is 0 Å². The number of hydrogen-bond donors (Lipinski definition) is 1. The molecule has 0 saturated heterocycles. The Hall–Kier alpha value is -2.05. The first-order valence-corrected chi connectivity index (χ1v) is 8.63. The van der Waals surface area contributed by atoms with Gasteiger partial charge in [-0.25, -0.2) is 8.42 Å². The quantitative estimate of drug-likeness (QED) is 0.529. The van der Waals surface area contributed by atoms with Crippen molar-refractivity contribution in [2.45, 2.75) is 0 Å². The van der Waals surface area contributed by atoms with Gasteiger partial charge in [0.15, 0.2) is 0 Å². The van der Waals surface area contributed by atoms with Crippen molar-refractivity contribution in [1.29, 1.82) is 0 Å². The lowest BCUT2D eigenvalue weighted by Crippen LogP contribution is -2.24. The Labute approximate surface area is 135 Å². The number of hydrogen-bond acceptors (Lipinski definition) is 4. The first kappa shape index (κ1) is 16.3. The van der Waals surface area contributed by atoms with Gasteiger partial charge in [0, 0.05) is 23.2 Å². The van der Waals surface area contributed by atoms with Crippen LogP contribution < -0.4 is 10.1 Å². The molecule has 0 amide bonds. The van der Waals surface area contributed by atoms with E-state index in [1.165, 1.54) is 11.4 Å². The maximum absolute atomic E-state index is 11.5. The number of sulfonamides is 1. The number of hydrazone groups is 1. The molecule has 0 aliphatic rings. The number of anilines is 1. The van der Waals surface area contributed by atoms with Crippen LogP contribution in [0, 0.1) is 0 Å². The van der Waals surface area contributed by atoms with Crippen LogP contribution in [0.25, 0.3) is 0 Å². The highest BCUT2D eigenvalue weighted by Gasteiger charge is 2.13. The Balaban J connectivity index is 2.35. The molecule has 116 valence electrons. The van der Waals surface area contributed by atoms with Gasteiger partial charge in [0.1, 0.15) is 0 Å². The van der Waals surface area contributed by atoms with Gasteiger partial charge in [0.05, 0.1) is 17.7 Å². The van der Waals surface area contributed by atoms with E-state index in [1.807, 2.05) is 12.1 Å². The van der Waals surface area contributed by atoms with Crippen LogP contribution in [0.3, 0.4) is 0 Å². The number of halogens is 1. The van der Waals surface area contributed by atoms with Crippen LogP contribution >= 0.6 is 11.6 Å². The zero-order chi connectivity index (χ0) is 16.3. The van der Waals surface area contributed by atoms with Crippen molar-refractivity contribution in [2.75, 3.05) is 17.6 Å². The van der Waals surface area contributed by atoms with E-state index in [4.69, 9.17) is 17.4 Å². The van der Waals surface area contributed by atoms with Crippen molar-refractivity contribution in [3.63, 3.8) is 0 Å². The number of rotatable bonds is 4. The highest BCUT2D eigenvalue weighted by molar-refractivity contribution is 7.92. The Morgan fingerprint density at radius 3 is 1.91 bits per heavy atom. The molecule has 2 N–H and O–H groups in total. The second-order valence-electron chi connectivity index (χ2n) is 4.76. The lowest BCUT2D eigenvalue weighted by atomic mass is 10.0. The minimum absolute atomic E-state index is 0.568. The molecular formula is C15H16ClN3O2S. The molecule has 5 nitrogen and oxygen atoms in total.